The number of carbonyl (C=O) groups excluding carboxylic acids is 4. The van der Waals surface area contributed by atoms with E-state index in [1.54, 1.807) is 24.3 Å². The van der Waals surface area contributed by atoms with Crippen LogP contribution in [0.4, 0.5) is 11.4 Å². The van der Waals surface area contributed by atoms with Crippen LogP contribution in [0.25, 0.3) is 0 Å². The van der Waals surface area contributed by atoms with E-state index in [1.807, 2.05) is 39.0 Å². The fraction of sp³-hybridized carbons (Fsp3) is 0.429. The maximum Gasteiger partial charge on any atom is 0.338 e. The molecule has 36 heavy (non-hydrogen) atoms. The van der Waals surface area contributed by atoms with Crippen molar-refractivity contribution in [2.45, 2.75) is 65.7 Å². The number of carbonyl (C=O) groups is 4. The van der Waals surface area contributed by atoms with Gasteiger partial charge in [-0.2, -0.15) is 0 Å². The van der Waals surface area contributed by atoms with Gasteiger partial charge in [0.15, 0.2) is 6.61 Å². The summed E-state index contributed by atoms with van der Waals surface area (Å²) in [5.41, 5.74) is 3.80. The Morgan fingerprint density at radius 3 is 2.03 bits per heavy atom. The predicted molar refractivity (Wildman–Crippen MR) is 139 cm³/mol. The number of amides is 2. The molecule has 2 rings (SSSR count). The number of hydrogen-bond acceptors (Lipinski definition) is 6. The average Bonchev–Trinajstić information content (AvgIpc) is 2.88. The average molecular weight is 497 g/mol. The number of hydrogen-bond donors (Lipinski definition) is 2. The van der Waals surface area contributed by atoms with Gasteiger partial charge in [-0.25, -0.2) is 4.79 Å². The summed E-state index contributed by atoms with van der Waals surface area (Å²) in [6, 6.07) is 12.3. The van der Waals surface area contributed by atoms with Crippen molar-refractivity contribution in [2.24, 2.45) is 0 Å². The van der Waals surface area contributed by atoms with E-state index in [9.17, 15) is 19.2 Å². The Bertz CT molecular complexity index is 1010. The van der Waals surface area contributed by atoms with E-state index in [1.165, 1.54) is 0 Å². The number of aryl methyl sites for hydroxylation is 2. The summed E-state index contributed by atoms with van der Waals surface area (Å²) in [7, 11) is 0. The number of anilines is 2. The normalized spacial score (nSPS) is 10.4. The van der Waals surface area contributed by atoms with Crippen LogP contribution in [-0.2, 0) is 36.7 Å². The van der Waals surface area contributed by atoms with E-state index in [0.29, 0.717) is 17.9 Å². The van der Waals surface area contributed by atoms with Crippen molar-refractivity contribution < 1.29 is 28.7 Å². The van der Waals surface area contributed by atoms with Crippen molar-refractivity contribution in [2.75, 3.05) is 23.8 Å². The lowest BCUT2D eigenvalue weighted by Crippen LogP contribution is -2.22. The second-order valence-electron chi connectivity index (χ2n) is 8.34. The molecule has 0 radical (unpaired) electrons. The molecule has 2 N–H and O–H groups in total. The molecule has 0 saturated heterocycles. The Morgan fingerprint density at radius 1 is 0.750 bits per heavy atom. The zero-order valence-corrected chi connectivity index (χ0v) is 21.4. The SMILES string of the molecule is CCCCOC(=O)c1ccc(NC(=O)CCCC(=O)OCC(=O)Nc2c(CC)cccc2CC)cc1. The third-order valence-corrected chi connectivity index (χ3v) is 5.55. The van der Waals surface area contributed by atoms with Crippen molar-refractivity contribution in [3.63, 3.8) is 0 Å². The molecule has 2 aromatic rings. The third-order valence-electron chi connectivity index (χ3n) is 5.55. The third kappa shape index (κ3) is 9.52. The Kier molecular flexibility index (Phi) is 12.2. The molecule has 0 atom stereocenters. The first kappa shape index (κ1) is 28.6. The fourth-order valence-electron chi connectivity index (χ4n) is 3.50. The lowest BCUT2D eigenvalue weighted by Gasteiger charge is -2.14. The highest BCUT2D eigenvalue weighted by molar-refractivity contribution is 5.95. The van der Waals surface area contributed by atoms with Crippen LogP contribution < -0.4 is 10.6 Å². The number of unbranched alkanes of at least 4 members (excludes halogenated alkanes) is 1. The van der Waals surface area contributed by atoms with Crippen LogP contribution in [0.15, 0.2) is 42.5 Å². The minimum absolute atomic E-state index is 0.0228. The molecule has 0 heterocycles. The number of para-hydroxylation sites is 1. The van der Waals surface area contributed by atoms with Crippen molar-refractivity contribution in [1.82, 2.24) is 0 Å². The largest absolute Gasteiger partial charge is 0.462 e. The smallest absolute Gasteiger partial charge is 0.338 e. The van der Waals surface area contributed by atoms with Gasteiger partial charge in [-0.05, 0) is 61.1 Å². The van der Waals surface area contributed by atoms with E-state index in [2.05, 4.69) is 10.6 Å². The number of nitrogens with one attached hydrogen (secondary N) is 2. The van der Waals surface area contributed by atoms with Crippen LogP contribution in [0, 0.1) is 0 Å². The molecule has 194 valence electrons. The van der Waals surface area contributed by atoms with Gasteiger partial charge in [-0.15, -0.1) is 0 Å². The van der Waals surface area contributed by atoms with Crippen molar-refractivity contribution in [1.29, 1.82) is 0 Å². The highest BCUT2D eigenvalue weighted by Gasteiger charge is 2.13. The quantitative estimate of drug-likeness (QED) is 0.279. The maximum atomic E-state index is 12.3. The van der Waals surface area contributed by atoms with Crippen LogP contribution in [0.2, 0.25) is 0 Å². The Hall–Kier alpha value is -3.68. The number of rotatable bonds is 14. The van der Waals surface area contributed by atoms with Gasteiger partial charge in [-0.3, -0.25) is 14.4 Å². The van der Waals surface area contributed by atoms with Gasteiger partial charge in [0.2, 0.25) is 5.91 Å². The maximum absolute atomic E-state index is 12.3. The summed E-state index contributed by atoms with van der Waals surface area (Å²) >= 11 is 0. The Labute approximate surface area is 212 Å². The summed E-state index contributed by atoms with van der Waals surface area (Å²) in [6.45, 7) is 6.05. The van der Waals surface area contributed by atoms with Crippen LogP contribution in [-0.4, -0.2) is 37.0 Å². The van der Waals surface area contributed by atoms with Crippen molar-refractivity contribution in [3.05, 3.63) is 59.2 Å². The van der Waals surface area contributed by atoms with E-state index >= 15 is 0 Å². The lowest BCUT2D eigenvalue weighted by atomic mass is 10.0. The summed E-state index contributed by atoms with van der Waals surface area (Å²) in [6.07, 6.45) is 3.74. The molecule has 0 unspecified atom stereocenters. The highest BCUT2D eigenvalue weighted by atomic mass is 16.5. The molecule has 0 fully saturated rings. The van der Waals surface area contributed by atoms with Gasteiger partial charge < -0.3 is 20.1 Å². The van der Waals surface area contributed by atoms with Crippen molar-refractivity contribution >= 4 is 35.1 Å². The molecule has 0 spiro atoms. The van der Waals surface area contributed by atoms with Gasteiger partial charge in [-0.1, -0.05) is 45.4 Å². The number of esters is 2. The molecule has 0 aliphatic rings. The van der Waals surface area contributed by atoms with E-state index < -0.39 is 17.8 Å². The molecule has 0 bridgehead atoms. The first-order valence-corrected chi connectivity index (χ1v) is 12.5. The monoisotopic (exact) mass is 496 g/mol. The Morgan fingerprint density at radius 2 is 1.42 bits per heavy atom. The molecule has 0 saturated carbocycles. The van der Waals surface area contributed by atoms with E-state index in [-0.39, 0.29) is 31.8 Å². The van der Waals surface area contributed by atoms with Crippen LogP contribution in [0.3, 0.4) is 0 Å². The first-order chi connectivity index (χ1) is 17.4. The van der Waals surface area contributed by atoms with Crippen LogP contribution in [0.1, 0.15) is 74.4 Å². The summed E-state index contributed by atoms with van der Waals surface area (Å²) in [5.74, 6) is -1.59. The molecule has 8 nitrogen and oxygen atoms in total. The molecule has 8 heteroatoms. The number of ether oxygens (including phenoxy) is 2. The molecule has 0 aliphatic heterocycles. The second kappa shape index (κ2) is 15.3. The minimum atomic E-state index is -0.539. The van der Waals surface area contributed by atoms with Crippen molar-refractivity contribution in [3.8, 4) is 0 Å². The van der Waals surface area contributed by atoms with Gasteiger partial charge in [0.1, 0.15) is 0 Å². The number of benzene rings is 2. The second-order valence-corrected chi connectivity index (χ2v) is 8.34. The lowest BCUT2D eigenvalue weighted by molar-refractivity contribution is -0.147. The minimum Gasteiger partial charge on any atom is -0.462 e. The molecule has 0 aliphatic carbocycles. The van der Waals surface area contributed by atoms with Gasteiger partial charge in [0, 0.05) is 24.2 Å². The van der Waals surface area contributed by atoms with Gasteiger partial charge in [0.05, 0.1) is 12.2 Å². The zero-order chi connectivity index (χ0) is 26.3. The fourth-order valence-corrected chi connectivity index (χ4v) is 3.50. The Balaban J connectivity index is 1.69. The molecular formula is C28H36N2O6. The highest BCUT2D eigenvalue weighted by Crippen LogP contribution is 2.22. The topological polar surface area (TPSA) is 111 Å². The summed E-state index contributed by atoms with van der Waals surface area (Å²) in [4.78, 5) is 48.4. The first-order valence-electron chi connectivity index (χ1n) is 12.5. The molecule has 2 aromatic carbocycles. The molecule has 2 amide bonds. The van der Waals surface area contributed by atoms with Crippen LogP contribution >= 0.6 is 0 Å². The summed E-state index contributed by atoms with van der Waals surface area (Å²) in [5, 5.41) is 5.58. The zero-order valence-electron chi connectivity index (χ0n) is 21.4. The standard InChI is InChI=1S/C28H36N2O6/c1-4-7-18-35-28(34)22-14-16-23(17-15-22)29-24(31)12-9-13-26(33)36-19-25(32)30-27-20(5-2)10-8-11-21(27)6-3/h8,10-11,14-17H,4-7,9,12-13,18-19H2,1-3H3,(H,29,31)(H,30,32). The van der Waals surface area contributed by atoms with Gasteiger partial charge in [0.25, 0.3) is 5.91 Å². The van der Waals surface area contributed by atoms with Gasteiger partial charge >= 0.3 is 11.9 Å². The summed E-state index contributed by atoms with van der Waals surface area (Å²) < 4.78 is 10.2. The molecule has 0 aromatic heterocycles. The van der Waals surface area contributed by atoms with E-state index in [4.69, 9.17) is 9.47 Å². The molecular weight excluding hydrogens is 460 g/mol. The van der Waals surface area contributed by atoms with Crippen LogP contribution in [0.5, 0.6) is 0 Å². The predicted octanol–water partition coefficient (Wildman–Crippen LogP) is 5.06. The van der Waals surface area contributed by atoms with E-state index in [0.717, 1.165) is 42.5 Å².